The van der Waals surface area contributed by atoms with Crippen molar-refractivity contribution in [3.05, 3.63) is 104 Å². The van der Waals surface area contributed by atoms with Crippen molar-refractivity contribution >= 4 is 67.5 Å². The van der Waals surface area contributed by atoms with Gasteiger partial charge in [-0.2, -0.15) is 18.2 Å². The number of amides is 1. The quantitative estimate of drug-likeness (QED) is 0.203. The zero-order valence-corrected chi connectivity index (χ0v) is 24.6. The van der Waals surface area contributed by atoms with Gasteiger partial charge in [0, 0.05) is 35.4 Å². The van der Waals surface area contributed by atoms with Gasteiger partial charge in [0.15, 0.2) is 0 Å². The number of alkyl halides is 3. The Balaban J connectivity index is 1.50. The monoisotopic (exact) mass is 662 g/mol. The zero-order valence-electron chi connectivity index (χ0n) is 22.3. The molecular formula is C28H19Cl2F3N6O4S. The fourth-order valence-electron chi connectivity index (χ4n) is 4.29. The predicted molar refractivity (Wildman–Crippen MR) is 161 cm³/mol. The number of nitrogens with zero attached hydrogens (tertiary/aromatic N) is 3. The van der Waals surface area contributed by atoms with Gasteiger partial charge in [0.05, 0.1) is 31.8 Å². The molecule has 44 heavy (non-hydrogen) atoms. The number of aryl methyl sites for hydroxylation is 1. The molecule has 2 aromatic heterocycles. The van der Waals surface area contributed by atoms with Crippen LogP contribution in [0.15, 0.2) is 82.6 Å². The van der Waals surface area contributed by atoms with E-state index in [2.05, 4.69) is 20.6 Å². The van der Waals surface area contributed by atoms with Crippen LogP contribution >= 0.6 is 23.2 Å². The number of aromatic nitrogens is 3. The summed E-state index contributed by atoms with van der Waals surface area (Å²) in [6.45, 7) is 0. The van der Waals surface area contributed by atoms with Gasteiger partial charge in [-0.1, -0.05) is 35.3 Å². The van der Waals surface area contributed by atoms with E-state index in [0.29, 0.717) is 17.1 Å². The Hall–Kier alpha value is -4.50. The van der Waals surface area contributed by atoms with Crippen LogP contribution in [-0.2, 0) is 23.2 Å². The second kappa shape index (κ2) is 11.5. The van der Waals surface area contributed by atoms with Gasteiger partial charge in [-0.05, 0) is 54.6 Å². The molecule has 0 unspecified atom stereocenters. The molecule has 0 spiro atoms. The van der Waals surface area contributed by atoms with E-state index in [1.165, 1.54) is 60.3 Å². The largest absolute Gasteiger partial charge is 0.416 e. The van der Waals surface area contributed by atoms with Crippen molar-refractivity contribution < 1.29 is 26.4 Å². The highest BCUT2D eigenvalue weighted by atomic mass is 35.5. The van der Waals surface area contributed by atoms with E-state index in [1.54, 1.807) is 6.07 Å². The maximum absolute atomic E-state index is 13.5. The number of sulfonamides is 1. The summed E-state index contributed by atoms with van der Waals surface area (Å²) in [7, 11) is -2.49. The second-order valence-electron chi connectivity index (χ2n) is 9.41. The van der Waals surface area contributed by atoms with E-state index >= 15 is 0 Å². The number of rotatable bonds is 6. The number of nitrogens with two attached hydrogens (primary N) is 1. The Morgan fingerprint density at radius 1 is 1.02 bits per heavy atom. The van der Waals surface area contributed by atoms with Gasteiger partial charge in [0.1, 0.15) is 5.65 Å². The summed E-state index contributed by atoms with van der Waals surface area (Å²) in [6.07, 6.45) is -3.23. The molecule has 0 aliphatic heterocycles. The minimum atomic E-state index is -4.64. The van der Waals surface area contributed by atoms with Crippen molar-refractivity contribution in [2.45, 2.75) is 11.1 Å². The van der Waals surface area contributed by atoms with E-state index in [-0.39, 0.29) is 48.9 Å². The van der Waals surface area contributed by atoms with Crippen LogP contribution in [0, 0.1) is 0 Å². The van der Waals surface area contributed by atoms with E-state index in [4.69, 9.17) is 28.3 Å². The Bertz CT molecular complexity index is 2140. The number of hydrogen-bond donors (Lipinski definition) is 3. The van der Waals surface area contributed by atoms with Crippen LogP contribution in [0.2, 0.25) is 10.0 Å². The van der Waals surface area contributed by atoms with Gasteiger partial charge in [0.2, 0.25) is 16.0 Å². The number of halogens is 5. The lowest BCUT2D eigenvalue weighted by atomic mass is 10.0. The van der Waals surface area contributed by atoms with E-state index in [9.17, 15) is 31.2 Å². The molecule has 0 radical (unpaired) electrons. The minimum absolute atomic E-state index is 0.00755. The Labute approximate surface area is 257 Å². The van der Waals surface area contributed by atoms with Crippen molar-refractivity contribution in [3.63, 3.8) is 0 Å². The minimum Gasteiger partial charge on any atom is -0.324 e. The number of fused-ring (bicyclic) bond motifs is 1. The molecule has 5 aromatic rings. The lowest BCUT2D eigenvalue weighted by molar-refractivity contribution is -0.137. The molecule has 2 heterocycles. The molecule has 10 nitrogen and oxygen atoms in total. The summed E-state index contributed by atoms with van der Waals surface area (Å²) in [5.41, 5.74) is -1.16. The average Bonchev–Trinajstić information content (AvgIpc) is 2.96. The van der Waals surface area contributed by atoms with Crippen LogP contribution in [0.5, 0.6) is 0 Å². The van der Waals surface area contributed by atoms with Gasteiger partial charge in [0.25, 0.3) is 11.5 Å². The van der Waals surface area contributed by atoms with Gasteiger partial charge >= 0.3 is 6.18 Å². The van der Waals surface area contributed by atoms with Crippen molar-refractivity contribution in [2.75, 3.05) is 10.6 Å². The molecular weight excluding hydrogens is 644 g/mol. The lowest BCUT2D eigenvalue weighted by Gasteiger charge is -2.15. The first-order chi connectivity index (χ1) is 20.6. The third-order valence-electron chi connectivity index (χ3n) is 6.43. The van der Waals surface area contributed by atoms with Crippen LogP contribution in [-0.4, -0.2) is 28.9 Å². The summed E-state index contributed by atoms with van der Waals surface area (Å²) in [5.74, 6) is -0.803. The van der Waals surface area contributed by atoms with E-state index in [0.717, 1.165) is 12.1 Å². The van der Waals surface area contributed by atoms with Crippen molar-refractivity contribution in [2.24, 2.45) is 12.2 Å². The molecule has 0 fully saturated rings. The Morgan fingerprint density at radius 2 is 1.75 bits per heavy atom. The molecule has 0 aliphatic rings. The van der Waals surface area contributed by atoms with E-state index in [1.807, 2.05) is 0 Å². The highest BCUT2D eigenvalue weighted by molar-refractivity contribution is 7.89. The number of carbonyl (C=O) groups excluding carboxylic acids is 1. The molecule has 0 saturated carbocycles. The second-order valence-corrected chi connectivity index (χ2v) is 11.8. The summed E-state index contributed by atoms with van der Waals surface area (Å²) < 4.78 is 64.0. The SMILES string of the molecule is Cn1c(=O)c(-c2c(Cl)ccc(NC(=O)c3cccc(C(F)(F)F)c3)c2Cl)cc2cnc(Nc3cccc(S(N)(=O)=O)c3)nc21. The zero-order chi connectivity index (χ0) is 32.0. The number of nitrogens with one attached hydrogen (secondary N) is 2. The predicted octanol–water partition coefficient (Wildman–Crippen LogP) is 5.96. The third kappa shape index (κ3) is 6.24. The van der Waals surface area contributed by atoms with Crippen LogP contribution in [0.3, 0.4) is 0 Å². The lowest BCUT2D eigenvalue weighted by Crippen LogP contribution is -2.20. The van der Waals surface area contributed by atoms with Crippen molar-refractivity contribution in [1.82, 2.24) is 14.5 Å². The van der Waals surface area contributed by atoms with Gasteiger partial charge < -0.3 is 10.6 Å². The maximum atomic E-state index is 13.5. The molecule has 16 heteroatoms. The first-order valence-electron chi connectivity index (χ1n) is 12.4. The summed E-state index contributed by atoms with van der Waals surface area (Å²) >= 11 is 13.0. The number of benzene rings is 3. The number of primary sulfonamides is 1. The summed E-state index contributed by atoms with van der Waals surface area (Å²) in [4.78, 5) is 34.8. The molecule has 5 rings (SSSR count). The van der Waals surface area contributed by atoms with E-state index < -0.39 is 33.2 Å². The molecule has 0 saturated heterocycles. The fourth-order valence-corrected chi connectivity index (χ4v) is 5.47. The summed E-state index contributed by atoms with van der Waals surface area (Å²) in [5, 5.41) is 10.9. The highest BCUT2D eigenvalue weighted by Crippen LogP contribution is 2.39. The molecule has 0 atom stereocenters. The van der Waals surface area contributed by atoms with Crippen LogP contribution in [0.4, 0.5) is 30.5 Å². The molecule has 3 aromatic carbocycles. The number of pyridine rings is 1. The first-order valence-corrected chi connectivity index (χ1v) is 14.7. The van der Waals surface area contributed by atoms with Crippen molar-refractivity contribution in [1.29, 1.82) is 0 Å². The van der Waals surface area contributed by atoms with Gasteiger partial charge in [-0.3, -0.25) is 14.2 Å². The number of carbonyl (C=O) groups is 1. The summed E-state index contributed by atoms with van der Waals surface area (Å²) in [6, 6.07) is 13.8. The number of anilines is 3. The normalized spacial score (nSPS) is 11.9. The maximum Gasteiger partial charge on any atom is 0.416 e. The molecule has 1 amide bonds. The topological polar surface area (TPSA) is 149 Å². The Kier molecular flexibility index (Phi) is 8.11. The smallest absolute Gasteiger partial charge is 0.324 e. The van der Waals surface area contributed by atoms with Crippen LogP contribution in [0.1, 0.15) is 15.9 Å². The Morgan fingerprint density at radius 3 is 2.45 bits per heavy atom. The highest BCUT2D eigenvalue weighted by Gasteiger charge is 2.31. The van der Waals surface area contributed by atoms with Crippen molar-refractivity contribution in [3.8, 4) is 11.1 Å². The van der Waals surface area contributed by atoms with Crippen LogP contribution < -0.4 is 21.3 Å². The van der Waals surface area contributed by atoms with Gasteiger partial charge in [-0.15, -0.1) is 0 Å². The standard InChI is InChI=1S/C28H19Cl2F3N6O4S/c1-39-24-15(13-35-27(38-24)36-17-6-3-7-18(12-17)44(34,42)43)11-19(26(39)41)22-20(29)8-9-21(23(22)30)37-25(40)14-4-2-5-16(10-14)28(31,32)33/h2-13H,1H3,(H,37,40)(H2,34,42,43)(H,35,36,38). The van der Waals surface area contributed by atoms with Gasteiger partial charge in [-0.25, -0.2) is 18.5 Å². The third-order valence-corrected chi connectivity index (χ3v) is 8.05. The molecule has 0 aliphatic carbocycles. The average molecular weight is 663 g/mol. The number of hydrogen-bond acceptors (Lipinski definition) is 7. The molecule has 0 bridgehead atoms. The molecule has 226 valence electrons. The first kappa shape index (κ1) is 30.9. The van der Waals surface area contributed by atoms with Crippen LogP contribution in [0.25, 0.3) is 22.2 Å². The fraction of sp³-hybridized carbons (Fsp3) is 0.0714. The molecule has 4 N–H and O–H groups in total.